The van der Waals surface area contributed by atoms with Crippen LogP contribution in [0.3, 0.4) is 0 Å². The van der Waals surface area contributed by atoms with Crippen molar-refractivity contribution in [3.63, 3.8) is 0 Å². The van der Waals surface area contributed by atoms with Gasteiger partial charge in [0.25, 0.3) is 0 Å². The van der Waals surface area contributed by atoms with E-state index in [-0.39, 0.29) is 23.0 Å². The Hall–Kier alpha value is -1.68. The molecule has 24 heavy (non-hydrogen) atoms. The number of carboxylic acid groups (broad SMARTS) is 1. The van der Waals surface area contributed by atoms with Gasteiger partial charge < -0.3 is 10.2 Å². The second-order valence-electron chi connectivity index (χ2n) is 8.34. The van der Waals surface area contributed by atoms with Crippen LogP contribution < -0.4 is 0 Å². The summed E-state index contributed by atoms with van der Waals surface area (Å²) in [6, 6.07) is 0. The molecule has 0 aromatic heterocycles. The summed E-state index contributed by atoms with van der Waals surface area (Å²) in [4.78, 5) is 23.5. The molecule has 0 unspecified atom stereocenters. The second kappa shape index (κ2) is 4.69. The highest BCUT2D eigenvalue weighted by molar-refractivity contribution is 6.01. The zero-order chi connectivity index (χ0) is 17.3. The van der Waals surface area contributed by atoms with Crippen LogP contribution in [0.25, 0.3) is 0 Å². The van der Waals surface area contributed by atoms with Gasteiger partial charge in [-0.1, -0.05) is 30.2 Å². The van der Waals surface area contributed by atoms with E-state index >= 15 is 0 Å². The minimum Gasteiger partial charge on any atom is -0.479 e. The van der Waals surface area contributed by atoms with Gasteiger partial charge in [0, 0.05) is 10.8 Å². The number of aliphatic hydroxyl groups is 1. The average Bonchev–Trinajstić information content (AvgIpc) is 2.81. The van der Waals surface area contributed by atoms with E-state index in [4.69, 9.17) is 0 Å². The van der Waals surface area contributed by atoms with E-state index in [0.717, 1.165) is 19.3 Å². The Morgan fingerprint density at radius 1 is 1.29 bits per heavy atom. The zero-order valence-electron chi connectivity index (χ0n) is 14.2. The fraction of sp³-hybridized carbons (Fsp3) is 0.600. The van der Waals surface area contributed by atoms with Crippen LogP contribution in [0.1, 0.15) is 46.0 Å². The molecule has 0 aliphatic heterocycles. The number of carbonyl (C=O) groups is 2. The number of rotatable bonds is 1. The second-order valence-corrected chi connectivity index (χ2v) is 8.34. The Balaban J connectivity index is 1.79. The maximum absolute atomic E-state index is 11.7. The minimum absolute atomic E-state index is 0.0586. The molecule has 2 saturated carbocycles. The number of ketones is 1. The van der Waals surface area contributed by atoms with Gasteiger partial charge in [-0.05, 0) is 63.0 Å². The number of aliphatic carboxylic acids is 1. The monoisotopic (exact) mass is 328 g/mol. The highest BCUT2D eigenvalue weighted by atomic mass is 16.4. The number of hydrogen-bond acceptors (Lipinski definition) is 3. The standard InChI is InChI=1S/C20H24O4/c1-18-8-5-13(21)11-12(18)3-4-14-15(18)6-9-19(2)16(14)7-10-20(19,24)17(22)23/h5-6,8,11,14,16,24H,3-4,7,9-10H2,1-2H3,(H,22,23)/t14-,16+,18+,19+,20+/m1/s1. The highest BCUT2D eigenvalue weighted by Gasteiger charge is 2.64. The number of carbonyl (C=O) groups excluding carboxylic acids is 1. The smallest absolute Gasteiger partial charge is 0.336 e. The van der Waals surface area contributed by atoms with E-state index in [0.29, 0.717) is 12.8 Å². The molecule has 4 rings (SSSR count). The molecule has 0 aromatic rings. The van der Waals surface area contributed by atoms with Crippen LogP contribution in [0.5, 0.6) is 0 Å². The van der Waals surface area contributed by atoms with Gasteiger partial charge in [0.1, 0.15) is 0 Å². The Morgan fingerprint density at radius 2 is 2.04 bits per heavy atom. The van der Waals surface area contributed by atoms with Gasteiger partial charge in [0.05, 0.1) is 0 Å². The number of carboxylic acids is 1. The van der Waals surface area contributed by atoms with Crippen molar-refractivity contribution in [3.05, 3.63) is 35.5 Å². The van der Waals surface area contributed by atoms with E-state index in [1.165, 1.54) is 11.1 Å². The summed E-state index contributed by atoms with van der Waals surface area (Å²) < 4.78 is 0. The van der Waals surface area contributed by atoms with Crippen LogP contribution >= 0.6 is 0 Å². The van der Waals surface area contributed by atoms with Gasteiger partial charge in [0.15, 0.2) is 11.4 Å². The molecule has 0 saturated heterocycles. The topological polar surface area (TPSA) is 74.6 Å². The third-order valence-electron chi connectivity index (χ3n) is 7.45. The fourth-order valence-corrected chi connectivity index (χ4v) is 5.89. The summed E-state index contributed by atoms with van der Waals surface area (Å²) in [5, 5.41) is 20.5. The van der Waals surface area contributed by atoms with Gasteiger partial charge in [-0.25, -0.2) is 4.79 Å². The zero-order valence-corrected chi connectivity index (χ0v) is 14.2. The summed E-state index contributed by atoms with van der Waals surface area (Å²) in [5.74, 6) is -0.557. The average molecular weight is 328 g/mol. The number of fused-ring (bicyclic) bond motifs is 5. The molecule has 0 bridgehead atoms. The lowest BCUT2D eigenvalue weighted by Crippen LogP contribution is -2.54. The normalized spacial score (nSPS) is 46.5. The van der Waals surface area contributed by atoms with Gasteiger partial charge in [-0.3, -0.25) is 4.79 Å². The SMILES string of the molecule is C[C@]12C=CC(=O)C=C1CC[C@@H]1C2=CC[C@@]2(C)[C@H]1CC[C@]2(O)C(=O)O. The van der Waals surface area contributed by atoms with Gasteiger partial charge in [-0.2, -0.15) is 0 Å². The van der Waals surface area contributed by atoms with Crippen molar-refractivity contribution in [1.82, 2.24) is 0 Å². The Labute approximate surface area is 141 Å². The van der Waals surface area contributed by atoms with Crippen molar-refractivity contribution >= 4 is 11.8 Å². The number of hydrogen-bond donors (Lipinski definition) is 2. The van der Waals surface area contributed by atoms with Crippen LogP contribution in [0, 0.1) is 22.7 Å². The van der Waals surface area contributed by atoms with Crippen molar-refractivity contribution in [2.75, 3.05) is 0 Å². The molecule has 5 atom stereocenters. The van der Waals surface area contributed by atoms with Crippen LogP contribution in [-0.4, -0.2) is 27.6 Å². The lowest BCUT2D eigenvalue weighted by atomic mass is 9.51. The van der Waals surface area contributed by atoms with Gasteiger partial charge in [-0.15, -0.1) is 0 Å². The predicted molar refractivity (Wildman–Crippen MR) is 89.2 cm³/mol. The summed E-state index contributed by atoms with van der Waals surface area (Å²) in [6.45, 7) is 4.11. The van der Waals surface area contributed by atoms with Gasteiger partial charge >= 0.3 is 5.97 Å². The largest absolute Gasteiger partial charge is 0.479 e. The van der Waals surface area contributed by atoms with E-state index in [2.05, 4.69) is 13.0 Å². The molecular weight excluding hydrogens is 304 g/mol. The molecule has 4 aliphatic rings. The molecule has 0 radical (unpaired) electrons. The first-order chi connectivity index (χ1) is 11.2. The third-order valence-corrected chi connectivity index (χ3v) is 7.45. The lowest BCUT2D eigenvalue weighted by Gasteiger charge is -2.53. The maximum Gasteiger partial charge on any atom is 0.336 e. The first-order valence-electron chi connectivity index (χ1n) is 8.83. The van der Waals surface area contributed by atoms with E-state index < -0.39 is 17.0 Å². The Bertz CT molecular complexity index is 730. The molecular formula is C20H24O4. The predicted octanol–water partition coefficient (Wildman–Crippen LogP) is 3.03. The Morgan fingerprint density at radius 3 is 2.75 bits per heavy atom. The molecule has 0 heterocycles. The first-order valence-corrected chi connectivity index (χ1v) is 8.83. The summed E-state index contributed by atoms with van der Waals surface area (Å²) in [7, 11) is 0. The van der Waals surface area contributed by atoms with Crippen molar-refractivity contribution in [3.8, 4) is 0 Å². The van der Waals surface area contributed by atoms with Crippen LogP contribution in [-0.2, 0) is 9.59 Å². The molecule has 4 aliphatic carbocycles. The molecule has 2 fully saturated rings. The van der Waals surface area contributed by atoms with Gasteiger partial charge in [0.2, 0.25) is 0 Å². The number of allylic oxidation sites excluding steroid dienone is 6. The van der Waals surface area contributed by atoms with E-state index in [1.807, 2.05) is 13.0 Å². The molecule has 4 nitrogen and oxygen atoms in total. The highest BCUT2D eigenvalue weighted by Crippen LogP contribution is 2.64. The lowest BCUT2D eigenvalue weighted by molar-refractivity contribution is -0.173. The van der Waals surface area contributed by atoms with E-state index in [9.17, 15) is 19.8 Å². The summed E-state index contributed by atoms with van der Waals surface area (Å²) in [6.07, 6.45) is 11.1. The van der Waals surface area contributed by atoms with Crippen molar-refractivity contribution in [2.24, 2.45) is 22.7 Å². The molecule has 0 spiro atoms. The third kappa shape index (κ3) is 1.72. The Kier molecular flexibility index (Phi) is 3.09. The molecule has 0 aromatic carbocycles. The molecule has 0 amide bonds. The minimum atomic E-state index is -1.63. The first kappa shape index (κ1) is 15.8. The summed E-state index contributed by atoms with van der Waals surface area (Å²) in [5.41, 5.74) is 0.0316. The summed E-state index contributed by atoms with van der Waals surface area (Å²) >= 11 is 0. The van der Waals surface area contributed by atoms with Crippen molar-refractivity contribution in [1.29, 1.82) is 0 Å². The quantitative estimate of drug-likeness (QED) is 0.726. The molecule has 2 N–H and O–H groups in total. The van der Waals surface area contributed by atoms with E-state index in [1.54, 1.807) is 12.2 Å². The maximum atomic E-state index is 11.7. The van der Waals surface area contributed by atoms with Crippen molar-refractivity contribution < 1.29 is 19.8 Å². The molecule has 4 heteroatoms. The van der Waals surface area contributed by atoms with Crippen molar-refractivity contribution in [2.45, 2.75) is 51.6 Å². The molecule has 128 valence electrons. The van der Waals surface area contributed by atoms with Crippen LogP contribution in [0.2, 0.25) is 0 Å². The van der Waals surface area contributed by atoms with Crippen LogP contribution in [0.15, 0.2) is 35.5 Å². The fourth-order valence-electron chi connectivity index (χ4n) is 5.89. The van der Waals surface area contributed by atoms with Crippen LogP contribution in [0.4, 0.5) is 0 Å².